The zero-order valence-corrected chi connectivity index (χ0v) is 24.8. The van der Waals surface area contributed by atoms with Crippen molar-refractivity contribution < 1.29 is 39.3 Å². The van der Waals surface area contributed by atoms with E-state index in [1.165, 1.54) is 0 Å². The maximum Gasteiger partial charge on any atom is 2.00 e. The van der Waals surface area contributed by atoms with Gasteiger partial charge in [-0.2, -0.15) is 0 Å². The molecule has 0 radical (unpaired) electrons. The number of carboxylic acids is 2. The molecule has 8 nitrogen and oxygen atoms in total. The van der Waals surface area contributed by atoms with Crippen LogP contribution in [0.1, 0.15) is 20.7 Å². The second-order valence-corrected chi connectivity index (χ2v) is 7.86. The molecular weight excluding hydrogens is 486 g/mol. The first-order chi connectivity index (χ1) is 15.5. The minimum atomic E-state index is -0.879. The van der Waals surface area contributed by atoms with Gasteiger partial charge in [-0.1, -0.05) is 36.4 Å². The zero-order chi connectivity index (χ0) is 25.6. The predicted molar refractivity (Wildman–Crippen MR) is 136 cm³/mol. The first kappa shape index (κ1) is 36.4. The Morgan fingerprint density at radius 2 is 0.941 bits per heavy atom. The standard InChI is InChI=1S/2C7H6O2.C6H16N2.C5H14N2.Zn/c2*8-7(9)6-4-2-1-3-5-6;1-7(2)5-6-8(3)4;1-6-4-5-7(2)3;/h2*1-5H,(H,8,9);5-6H2,1-4H3;6H,4-5H2,1-3H3;/q;;;;+2. The first-order valence-corrected chi connectivity index (χ1v) is 10.7. The van der Waals surface area contributed by atoms with E-state index in [0.29, 0.717) is 11.1 Å². The molecule has 2 aromatic rings. The number of rotatable bonds is 8. The van der Waals surface area contributed by atoms with Gasteiger partial charge in [0.2, 0.25) is 0 Å². The Labute approximate surface area is 218 Å². The number of carboxylic acid groups (broad SMARTS) is 2. The van der Waals surface area contributed by atoms with Gasteiger partial charge in [0.25, 0.3) is 0 Å². The zero-order valence-electron chi connectivity index (χ0n) is 21.9. The average molecular weight is 528 g/mol. The summed E-state index contributed by atoms with van der Waals surface area (Å²) in [6.45, 7) is 4.49. The third-order valence-corrected chi connectivity index (χ3v) is 3.84. The molecular formula is C25H42N4O4Zn+2. The first-order valence-electron chi connectivity index (χ1n) is 10.7. The van der Waals surface area contributed by atoms with Gasteiger partial charge in [0.05, 0.1) is 11.1 Å². The topological polar surface area (TPSA) is 96.4 Å². The third-order valence-electron chi connectivity index (χ3n) is 3.84. The van der Waals surface area contributed by atoms with Crippen molar-refractivity contribution in [2.24, 2.45) is 0 Å². The Morgan fingerprint density at radius 1 is 0.647 bits per heavy atom. The van der Waals surface area contributed by atoms with Gasteiger partial charge in [0, 0.05) is 26.2 Å². The van der Waals surface area contributed by atoms with E-state index in [4.69, 9.17) is 10.2 Å². The Kier molecular flexibility index (Phi) is 25.7. The summed E-state index contributed by atoms with van der Waals surface area (Å²) in [5.74, 6) is -1.76. The van der Waals surface area contributed by atoms with E-state index < -0.39 is 11.9 Å². The minimum Gasteiger partial charge on any atom is -0.478 e. The Balaban J connectivity index is -0.000000376. The summed E-state index contributed by atoms with van der Waals surface area (Å²) in [6, 6.07) is 16.6. The van der Waals surface area contributed by atoms with Crippen molar-refractivity contribution in [2.75, 3.05) is 75.5 Å². The summed E-state index contributed by atoms with van der Waals surface area (Å²) in [5, 5.41) is 19.8. The molecule has 2 aromatic carbocycles. The number of hydrogen-bond acceptors (Lipinski definition) is 6. The summed E-state index contributed by atoms with van der Waals surface area (Å²) < 4.78 is 0. The molecule has 0 unspecified atom stereocenters. The molecule has 9 heteroatoms. The number of nitrogens with zero attached hydrogens (tertiary/aromatic N) is 3. The molecule has 0 amide bonds. The van der Waals surface area contributed by atoms with Crippen LogP contribution in [-0.2, 0) is 19.5 Å². The van der Waals surface area contributed by atoms with Gasteiger partial charge in [-0.25, -0.2) is 9.59 Å². The van der Waals surface area contributed by atoms with Crippen LogP contribution >= 0.6 is 0 Å². The molecule has 0 saturated carbocycles. The van der Waals surface area contributed by atoms with Gasteiger partial charge >= 0.3 is 31.4 Å². The van der Waals surface area contributed by atoms with Gasteiger partial charge in [0.1, 0.15) is 0 Å². The predicted octanol–water partition coefficient (Wildman–Crippen LogP) is 2.64. The summed E-state index contributed by atoms with van der Waals surface area (Å²) in [5.41, 5.74) is 0.662. The molecule has 0 aliphatic heterocycles. The van der Waals surface area contributed by atoms with Crippen LogP contribution in [0.4, 0.5) is 0 Å². The largest absolute Gasteiger partial charge is 2.00 e. The SMILES string of the molecule is CN(C)CCN(C)C.CNCCN(C)C.O=C(O)c1ccccc1.O=C(O)c1ccccc1.[Zn+2]. The van der Waals surface area contributed by atoms with Crippen molar-refractivity contribution in [3.05, 3.63) is 71.8 Å². The van der Waals surface area contributed by atoms with Crippen molar-refractivity contribution in [3.8, 4) is 0 Å². The van der Waals surface area contributed by atoms with Crippen LogP contribution in [0.2, 0.25) is 0 Å². The molecule has 0 saturated heterocycles. The van der Waals surface area contributed by atoms with Gasteiger partial charge in [0.15, 0.2) is 0 Å². The van der Waals surface area contributed by atoms with Crippen LogP contribution in [0, 0.1) is 0 Å². The fourth-order valence-corrected chi connectivity index (χ4v) is 1.90. The van der Waals surface area contributed by atoms with Crippen LogP contribution in [0.25, 0.3) is 0 Å². The van der Waals surface area contributed by atoms with E-state index >= 15 is 0 Å². The molecule has 0 bridgehead atoms. The fourth-order valence-electron chi connectivity index (χ4n) is 1.90. The van der Waals surface area contributed by atoms with Crippen molar-refractivity contribution in [1.29, 1.82) is 0 Å². The van der Waals surface area contributed by atoms with Crippen LogP contribution in [-0.4, -0.2) is 112 Å². The fraction of sp³-hybridized carbons (Fsp3) is 0.440. The van der Waals surface area contributed by atoms with Gasteiger partial charge in [-0.05, 0) is 73.6 Å². The van der Waals surface area contributed by atoms with E-state index in [0.717, 1.165) is 26.2 Å². The van der Waals surface area contributed by atoms with E-state index in [-0.39, 0.29) is 19.5 Å². The van der Waals surface area contributed by atoms with E-state index in [1.54, 1.807) is 60.7 Å². The van der Waals surface area contributed by atoms with Crippen LogP contribution in [0.15, 0.2) is 60.7 Å². The van der Waals surface area contributed by atoms with E-state index in [2.05, 4.69) is 62.3 Å². The molecule has 0 spiro atoms. The Morgan fingerprint density at radius 3 is 1.09 bits per heavy atom. The van der Waals surface area contributed by atoms with Crippen LogP contribution in [0.5, 0.6) is 0 Å². The molecule has 2 rings (SSSR count). The molecule has 0 atom stereocenters. The Hall–Kier alpha value is -2.16. The monoisotopic (exact) mass is 526 g/mol. The summed E-state index contributed by atoms with van der Waals surface area (Å²) in [6.07, 6.45) is 0. The molecule has 34 heavy (non-hydrogen) atoms. The number of likely N-dealkylation sites (N-methyl/N-ethyl adjacent to an activating group) is 4. The second-order valence-electron chi connectivity index (χ2n) is 7.86. The number of nitrogens with one attached hydrogen (secondary N) is 1. The molecule has 0 aliphatic carbocycles. The quantitative estimate of drug-likeness (QED) is 0.451. The minimum absolute atomic E-state index is 0. The van der Waals surface area contributed by atoms with E-state index in [9.17, 15) is 9.59 Å². The smallest absolute Gasteiger partial charge is 0.478 e. The van der Waals surface area contributed by atoms with Crippen molar-refractivity contribution in [1.82, 2.24) is 20.0 Å². The van der Waals surface area contributed by atoms with Crippen LogP contribution < -0.4 is 5.32 Å². The molecule has 0 aromatic heterocycles. The number of hydrogen-bond donors (Lipinski definition) is 3. The van der Waals surface area contributed by atoms with Gasteiger partial charge in [-0.15, -0.1) is 0 Å². The third kappa shape index (κ3) is 26.1. The second kappa shape index (κ2) is 24.0. The number of benzene rings is 2. The average Bonchev–Trinajstić information content (AvgIpc) is 2.78. The van der Waals surface area contributed by atoms with Crippen LogP contribution in [0.3, 0.4) is 0 Å². The molecule has 0 heterocycles. The van der Waals surface area contributed by atoms with Gasteiger partial charge in [-0.3, -0.25) is 0 Å². The maximum absolute atomic E-state index is 10.2. The maximum atomic E-state index is 10.2. The summed E-state index contributed by atoms with van der Waals surface area (Å²) in [7, 11) is 14.4. The summed E-state index contributed by atoms with van der Waals surface area (Å²) >= 11 is 0. The number of aromatic carboxylic acids is 2. The van der Waals surface area contributed by atoms with E-state index in [1.807, 2.05) is 7.05 Å². The van der Waals surface area contributed by atoms with Crippen molar-refractivity contribution >= 4 is 11.9 Å². The molecule has 0 fully saturated rings. The molecule has 186 valence electrons. The van der Waals surface area contributed by atoms with Crippen molar-refractivity contribution in [2.45, 2.75) is 0 Å². The van der Waals surface area contributed by atoms with Gasteiger partial charge < -0.3 is 30.2 Å². The normalized spacial score (nSPS) is 9.47. The van der Waals surface area contributed by atoms with Crippen molar-refractivity contribution in [3.63, 3.8) is 0 Å². The Bertz CT molecular complexity index is 673. The molecule has 3 N–H and O–H groups in total. The molecule has 0 aliphatic rings. The number of carbonyl (C=O) groups is 2. The summed E-state index contributed by atoms with van der Waals surface area (Å²) in [4.78, 5) is 26.9.